The standard InChI is InChI=1S/C15H19NO6S/c17-11(7-20-15(19)16-1-3-23-4-2-16)21-12-8-5-9-10(6-8)14(18)22-13(9)12/h8-10,12-13H,1-7H2. The summed E-state index contributed by atoms with van der Waals surface area (Å²) in [6.07, 6.45) is 0.473. The zero-order valence-electron chi connectivity index (χ0n) is 12.6. The Morgan fingerprint density at radius 1 is 1.26 bits per heavy atom. The molecule has 5 atom stereocenters. The minimum atomic E-state index is -0.568. The molecule has 4 fully saturated rings. The van der Waals surface area contributed by atoms with Gasteiger partial charge in [-0.05, 0) is 12.8 Å². The van der Waals surface area contributed by atoms with Crippen molar-refractivity contribution in [3.05, 3.63) is 0 Å². The maximum Gasteiger partial charge on any atom is 0.410 e. The largest absolute Gasteiger partial charge is 0.458 e. The number of esters is 2. The molecule has 7 nitrogen and oxygen atoms in total. The number of fused-ring (bicyclic) bond motifs is 1. The Bertz CT molecular complexity index is 534. The van der Waals surface area contributed by atoms with Crippen LogP contribution in [0.15, 0.2) is 0 Å². The second-order valence-corrected chi connectivity index (χ2v) is 7.74. The molecular formula is C15H19NO6S. The molecule has 5 unspecified atom stereocenters. The van der Waals surface area contributed by atoms with E-state index in [-0.39, 0.29) is 42.5 Å². The van der Waals surface area contributed by atoms with Gasteiger partial charge in [-0.1, -0.05) is 0 Å². The van der Waals surface area contributed by atoms with Crippen molar-refractivity contribution >= 4 is 29.8 Å². The first-order chi connectivity index (χ1) is 11.1. The molecule has 2 bridgehead atoms. The van der Waals surface area contributed by atoms with E-state index in [1.807, 2.05) is 0 Å². The molecule has 0 aromatic rings. The topological polar surface area (TPSA) is 82.1 Å². The molecule has 2 aliphatic carbocycles. The van der Waals surface area contributed by atoms with Crippen LogP contribution in [-0.2, 0) is 23.8 Å². The van der Waals surface area contributed by atoms with Gasteiger partial charge in [0, 0.05) is 36.4 Å². The molecule has 8 heteroatoms. The highest BCUT2D eigenvalue weighted by molar-refractivity contribution is 7.99. The average Bonchev–Trinajstić information content (AvgIpc) is 3.18. The Morgan fingerprint density at radius 2 is 2.04 bits per heavy atom. The van der Waals surface area contributed by atoms with Crippen LogP contribution in [-0.4, -0.2) is 66.3 Å². The highest BCUT2D eigenvalue weighted by atomic mass is 32.2. The lowest BCUT2D eigenvalue weighted by Crippen LogP contribution is -2.40. The smallest absolute Gasteiger partial charge is 0.410 e. The van der Waals surface area contributed by atoms with Crippen molar-refractivity contribution < 1.29 is 28.6 Å². The molecule has 4 aliphatic rings. The van der Waals surface area contributed by atoms with Gasteiger partial charge in [0.15, 0.2) is 6.61 Å². The van der Waals surface area contributed by atoms with Crippen molar-refractivity contribution in [1.29, 1.82) is 0 Å². The van der Waals surface area contributed by atoms with E-state index in [0.717, 1.165) is 24.3 Å². The lowest BCUT2D eigenvalue weighted by molar-refractivity contribution is -0.164. The van der Waals surface area contributed by atoms with Gasteiger partial charge in [-0.15, -0.1) is 0 Å². The maximum absolute atomic E-state index is 12.0. The summed E-state index contributed by atoms with van der Waals surface area (Å²) in [5, 5.41) is 0. The zero-order valence-corrected chi connectivity index (χ0v) is 13.5. The first-order valence-electron chi connectivity index (χ1n) is 8.03. The fourth-order valence-corrected chi connectivity index (χ4v) is 5.11. The number of rotatable bonds is 3. The van der Waals surface area contributed by atoms with Crippen molar-refractivity contribution in [1.82, 2.24) is 4.90 Å². The molecule has 0 aromatic carbocycles. The Morgan fingerprint density at radius 3 is 2.83 bits per heavy atom. The molecule has 126 valence electrons. The van der Waals surface area contributed by atoms with Crippen LogP contribution in [0.3, 0.4) is 0 Å². The number of hydrogen-bond donors (Lipinski definition) is 0. The summed E-state index contributed by atoms with van der Waals surface area (Å²) in [5.74, 6) is 1.43. The van der Waals surface area contributed by atoms with Crippen LogP contribution in [0.4, 0.5) is 4.79 Å². The molecule has 0 aromatic heterocycles. The van der Waals surface area contributed by atoms with Gasteiger partial charge < -0.3 is 19.1 Å². The number of carbonyl (C=O) groups is 3. The molecule has 2 saturated carbocycles. The highest BCUT2D eigenvalue weighted by Crippen LogP contribution is 2.55. The Hall–Kier alpha value is -1.44. The van der Waals surface area contributed by atoms with Crippen molar-refractivity contribution in [3.63, 3.8) is 0 Å². The van der Waals surface area contributed by atoms with Crippen LogP contribution in [0.5, 0.6) is 0 Å². The lowest BCUT2D eigenvalue weighted by atomic mass is 9.88. The Kier molecular flexibility index (Phi) is 3.87. The summed E-state index contributed by atoms with van der Waals surface area (Å²) in [5.41, 5.74) is 0. The van der Waals surface area contributed by atoms with Gasteiger partial charge in [0.2, 0.25) is 0 Å². The van der Waals surface area contributed by atoms with E-state index >= 15 is 0 Å². The molecule has 0 radical (unpaired) electrons. The summed E-state index contributed by atoms with van der Waals surface area (Å²) in [4.78, 5) is 37.1. The van der Waals surface area contributed by atoms with Crippen LogP contribution in [0.1, 0.15) is 12.8 Å². The van der Waals surface area contributed by atoms with E-state index in [0.29, 0.717) is 13.1 Å². The van der Waals surface area contributed by atoms with E-state index < -0.39 is 12.1 Å². The first-order valence-corrected chi connectivity index (χ1v) is 9.18. The normalized spacial score (nSPS) is 37.7. The van der Waals surface area contributed by atoms with Crippen molar-refractivity contribution in [3.8, 4) is 0 Å². The molecule has 2 aliphatic heterocycles. The summed E-state index contributed by atoms with van der Waals surface area (Å²) >= 11 is 1.79. The van der Waals surface area contributed by atoms with Gasteiger partial charge in [-0.2, -0.15) is 11.8 Å². The summed E-state index contributed by atoms with van der Waals surface area (Å²) in [7, 11) is 0. The molecule has 1 amide bonds. The summed E-state index contributed by atoms with van der Waals surface area (Å²) in [6.45, 7) is 0.898. The monoisotopic (exact) mass is 341 g/mol. The average molecular weight is 341 g/mol. The first kappa shape index (κ1) is 15.1. The number of thioether (sulfide) groups is 1. The van der Waals surface area contributed by atoms with Crippen LogP contribution in [0.25, 0.3) is 0 Å². The third kappa shape index (κ3) is 2.66. The van der Waals surface area contributed by atoms with E-state index in [4.69, 9.17) is 14.2 Å². The van der Waals surface area contributed by atoms with Crippen molar-refractivity contribution in [2.45, 2.75) is 25.0 Å². The molecule has 2 saturated heterocycles. The fraction of sp³-hybridized carbons (Fsp3) is 0.800. The van der Waals surface area contributed by atoms with Crippen molar-refractivity contribution in [2.24, 2.45) is 17.8 Å². The minimum Gasteiger partial charge on any atom is -0.458 e. The van der Waals surface area contributed by atoms with E-state index in [2.05, 4.69) is 0 Å². The zero-order chi connectivity index (χ0) is 16.0. The maximum atomic E-state index is 12.0. The second-order valence-electron chi connectivity index (χ2n) is 6.51. The quantitative estimate of drug-likeness (QED) is 0.551. The van der Waals surface area contributed by atoms with Gasteiger partial charge in [0.25, 0.3) is 0 Å². The van der Waals surface area contributed by atoms with E-state index in [1.54, 1.807) is 16.7 Å². The van der Waals surface area contributed by atoms with Gasteiger partial charge >= 0.3 is 18.0 Å². The molecule has 23 heavy (non-hydrogen) atoms. The third-order valence-electron chi connectivity index (χ3n) is 5.26. The molecule has 0 N–H and O–H groups in total. The molecule has 0 spiro atoms. The fourth-order valence-electron chi connectivity index (χ4n) is 4.21. The number of carbonyl (C=O) groups excluding carboxylic acids is 3. The van der Waals surface area contributed by atoms with Crippen LogP contribution in [0.2, 0.25) is 0 Å². The molecular weight excluding hydrogens is 322 g/mol. The Labute approximate surface area is 138 Å². The van der Waals surface area contributed by atoms with Gasteiger partial charge in [-0.25, -0.2) is 9.59 Å². The van der Waals surface area contributed by atoms with Gasteiger partial charge in [0.05, 0.1) is 5.92 Å². The van der Waals surface area contributed by atoms with Crippen LogP contribution < -0.4 is 0 Å². The predicted octanol–water partition coefficient (Wildman–Crippen LogP) is 0.665. The van der Waals surface area contributed by atoms with Crippen LogP contribution >= 0.6 is 11.8 Å². The second kappa shape index (κ2) is 5.89. The molecule has 4 rings (SSSR count). The van der Waals surface area contributed by atoms with Crippen LogP contribution in [0, 0.1) is 17.8 Å². The van der Waals surface area contributed by atoms with Gasteiger partial charge in [0.1, 0.15) is 12.2 Å². The Balaban J connectivity index is 1.26. The summed E-state index contributed by atoms with van der Waals surface area (Å²) < 4.78 is 15.8. The van der Waals surface area contributed by atoms with E-state index in [1.165, 1.54) is 0 Å². The van der Waals surface area contributed by atoms with E-state index in [9.17, 15) is 14.4 Å². The predicted molar refractivity (Wildman–Crippen MR) is 79.7 cm³/mol. The summed E-state index contributed by atoms with van der Waals surface area (Å²) in [6, 6.07) is 0. The number of nitrogens with zero attached hydrogens (tertiary/aromatic N) is 1. The number of amides is 1. The lowest BCUT2D eigenvalue weighted by Gasteiger charge is -2.26. The third-order valence-corrected chi connectivity index (χ3v) is 6.21. The van der Waals surface area contributed by atoms with Crippen molar-refractivity contribution in [2.75, 3.05) is 31.2 Å². The minimum absolute atomic E-state index is 0.00486. The number of hydrogen-bond acceptors (Lipinski definition) is 7. The highest BCUT2D eigenvalue weighted by Gasteiger charge is 2.63. The molecule has 2 heterocycles. The SMILES string of the molecule is O=C(COC(=O)N1CCSCC1)OC1C2CC3C(=O)OC1C3C2. The number of ether oxygens (including phenoxy) is 3. The van der Waals surface area contributed by atoms with Gasteiger partial charge in [-0.3, -0.25) is 4.79 Å².